The molecule has 3 heterocycles. The van der Waals surface area contributed by atoms with Crippen LogP contribution in [0.5, 0.6) is 5.75 Å². The first-order valence-corrected chi connectivity index (χ1v) is 13.0. The van der Waals surface area contributed by atoms with Gasteiger partial charge < -0.3 is 14.4 Å². The van der Waals surface area contributed by atoms with E-state index in [4.69, 9.17) is 9.47 Å². The molecule has 0 spiro atoms. The van der Waals surface area contributed by atoms with E-state index in [0.717, 1.165) is 32.4 Å². The van der Waals surface area contributed by atoms with Crippen LogP contribution in [0.1, 0.15) is 29.6 Å². The minimum Gasteiger partial charge on any atom is -0.423 e. The number of aromatic nitrogens is 4. The minimum absolute atomic E-state index is 0.0705. The van der Waals surface area contributed by atoms with Gasteiger partial charge in [-0.2, -0.15) is 4.31 Å². The van der Waals surface area contributed by atoms with E-state index in [9.17, 15) is 13.2 Å². The van der Waals surface area contributed by atoms with Crippen molar-refractivity contribution in [3.8, 4) is 11.4 Å². The number of tetrazole rings is 1. The van der Waals surface area contributed by atoms with Gasteiger partial charge in [0, 0.05) is 26.2 Å². The highest BCUT2D eigenvalue weighted by molar-refractivity contribution is 7.89. The Balaban J connectivity index is 1.44. The van der Waals surface area contributed by atoms with Crippen molar-refractivity contribution in [2.24, 2.45) is 0 Å². The smallest absolute Gasteiger partial charge is 0.345 e. The average molecular weight is 499 g/mol. The molecule has 0 radical (unpaired) electrons. The van der Waals surface area contributed by atoms with Crippen LogP contribution in [0.3, 0.4) is 0 Å². The van der Waals surface area contributed by atoms with Crippen LogP contribution >= 0.6 is 0 Å². The lowest BCUT2D eigenvalue weighted by atomic mass is 10.1. The molecule has 0 bridgehead atoms. The molecule has 0 saturated carbocycles. The first-order valence-electron chi connectivity index (χ1n) is 11.5. The molecule has 12 heteroatoms. The van der Waals surface area contributed by atoms with Crippen molar-refractivity contribution >= 4 is 21.7 Å². The Morgan fingerprint density at radius 2 is 1.69 bits per heavy atom. The summed E-state index contributed by atoms with van der Waals surface area (Å²) in [6, 6.07) is 11.5. The summed E-state index contributed by atoms with van der Waals surface area (Å²) >= 11 is 0. The largest absolute Gasteiger partial charge is 0.423 e. The van der Waals surface area contributed by atoms with E-state index in [2.05, 4.69) is 20.4 Å². The highest BCUT2D eigenvalue weighted by atomic mass is 32.2. The van der Waals surface area contributed by atoms with Crippen molar-refractivity contribution in [3.63, 3.8) is 0 Å². The van der Waals surface area contributed by atoms with Gasteiger partial charge in [0.15, 0.2) is 0 Å². The molecule has 2 aliphatic heterocycles. The summed E-state index contributed by atoms with van der Waals surface area (Å²) in [4.78, 5) is 15.5. The molecule has 1 aromatic heterocycles. The van der Waals surface area contributed by atoms with Crippen LogP contribution in [0.4, 0.5) is 5.69 Å². The van der Waals surface area contributed by atoms with Gasteiger partial charge in [-0.15, -0.1) is 5.10 Å². The zero-order valence-electron chi connectivity index (χ0n) is 19.1. The second-order valence-corrected chi connectivity index (χ2v) is 10.3. The molecule has 0 unspecified atom stereocenters. The van der Waals surface area contributed by atoms with Crippen molar-refractivity contribution in [3.05, 3.63) is 54.4 Å². The average Bonchev–Trinajstić information content (AvgIpc) is 3.45. The van der Waals surface area contributed by atoms with Gasteiger partial charge in [0.1, 0.15) is 12.1 Å². The molecule has 2 fully saturated rings. The number of ether oxygens (including phenoxy) is 2. The molecular formula is C23H26N6O5S. The molecule has 0 atom stereocenters. The van der Waals surface area contributed by atoms with Gasteiger partial charge in [0.05, 0.1) is 35.0 Å². The number of sulfonamides is 1. The molecular weight excluding hydrogens is 472 g/mol. The second kappa shape index (κ2) is 10.1. The minimum atomic E-state index is -3.76. The quantitative estimate of drug-likeness (QED) is 0.371. The Morgan fingerprint density at radius 3 is 2.37 bits per heavy atom. The molecule has 0 amide bonds. The normalized spacial score (nSPS) is 17.3. The number of hydrogen-bond acceptors (Lipinski definition) is 9. The molecule has 5 rings (SSSR count). The standard InChI is InChI=1S/C23H26N6O5S/c30-23(34-19-6-4-18(5-7-19)29-17-24-25-26-29)21-16-20(35(31,32)28-12-14-33-15-13-28)8-9-22(21)27-10-2-1-3-11-27/h4-9,16-17H,1-3,10-15H2. The van der Waals surface area contributed by atoms with Crippen LogP contribution in [0, 0.1) is 0 Å². The fourth-order valence-corrected chi connectivity index (χ4v) is 5.73. The van der Waals surface area contributed by atoms with Gasteiger partial charge in [-0.3, -0.25) is 0 Å². The lowest BCUT2D eigenvalue weighted by molar-refractivity contribution is 0.0727. The third-order valence-electron chi connectivity index (χ3n) is 6.15. The van der Waals surface area contributed by atoms with Crippen molar-refractivity contribution < 1.29 is 22.7 Å². The van der Waals surface area contributed by atoms with Gasteiger partial charge in [-0.05, 0) is 72.2 Å². The number of nitrogens with zero attached hydrogens (tertiary/aromatic N) is 6. The van der Waals surface area contributed by atoms with E-state index in [1.54, 1.807) is 36.4 Å². The predicted octanol–water partition coefficient (Wildman–Crippen LogP) is 1.89. The third kappa shape index (κ3) is 5.04. The highest BCUT2D eigenvalue weighted by Gasteiger charge is 2.29. The Bertz CT molecular complexity index is 1270. The molecule has 184 valence electrons. The maximum atomic E-state index is 13.3. The van der Waals surface area contributed by atoms with E-state index in [1.165, 1.54) is 21.4 Å². The molecule has 35 heavy (non-hydrogen) atoms. The fraction of sp³-hybridized carbons (Fsp3) is 0.391. The van der Waals surface area contributed by atoms with Crippen LogP contribution in [-0.2, 0) is 14.8 Å². The van der Waals surface area contributed by atoms with Crippen molar-refractivity contribution in [1.29, 1.82) is 0 Å². The first-order chi connectivity index (χ1) is 17.0. The summed E-state index contributed by atoms with van der Waals surface area (Å²) in [6.45, 7) is 2.86. The number of piperidine rings is 1. The molecule has 0 aliphatic carbocycles. The summed E-state index contributed by atoms with van der Waals surface area (Å²) in [5, 5.41) is 11.0. The zero-order chi connectivity index (χ0) is 24.3. The van der Waals surface area contributed by atoms with Crippen molar-refractivity contribution in [2.45, 2.75) is 24.2 Å². The van der Waals surface area contributed by atoms with E-state index >= 15 is 0 Å². The van der Waals surface area contributed by atoms with Gasteiger partial charge in [0.25, 0.3) is 0 Å². The lowest BCUT2D eigenvalue weighted by Gasteiger charge is -2.31. The van der Waals surface area contributed by atoms with Crippen molar-refractivity contribution in [2.75, 3.05) is 44.3 Å². The highest BCUT2D eigenvalue weighted by Crippen LogP contribution is 2.30. The van der Waals surface area contributed by atoms with Crippen LogP contribution < -0.4 is 9.64 Å². The first kappa shape index (κ1) is 23.4. The third-order valence-corrected chi connectivity index (χ3v) is 8.05. The van der Waals surface area contributed by atoms with E-state index < -0.39 is 16.0 Å². The number of benzene rings is 2. The van der Waals surface area contributed by atoms with Crippen LogP contribution in [0.25, 0.3) is 5.69 Å². The van der Waals surface area contributed by atoms with Gasteiger partial charge >= 0.3 is 5.97 Å². The maximum Gasteiger partial charge on any atom is 0.345 e. The number of carbonyl (C=O) groups excluding carboxylic acids is 1. The number of hydrogen-bond donors (Lipinski definition) is 0. The Labute approximate surface area is 203 Å². The topological polar surface area (TPSA) is 120 Å². The predicted molar refractivity (Wildman–Crippen MR) is 126 cm³/mol. The van der Waals surface area contributed by atoms with E-state index in [1.807, 2.05) is 0 Å². The van der Waals surface area contributed by atoms with Crippen LogP contribution in [-0.4, -0.2) is 78.3 Å². The summed E-state index contributed by atoms with van der Waals surface area (Å²) < 4.78 is 40.3. The molecule has 0 N–H and O–H groups in total. The maximum absolute atomic E-state index is 13.3. The number of esters is 1. The monoisotopic (exact) mass is 498 g/mol. The zero-order valence-corrected chi connectivity index (χ0v) is 19.9. The summed E-state index contributed by atoms with van der Waals surface area (Å²) in [5.41, 5.74) is 1.62. The summed E-state index contributed by atoms with van der Waals surface area (Å²) in [6.07, 6.45) is 4.63. The summed E-state index contributed by atoms with van der Waals surface area (Å²) in [5.74, 6) is -0.280. The number of morpholine rings is 1. The second-order valence-electron chi connectivity index (χ2n) is 8.38. The number of carbonyl (C=O) groups is 1. The number of anilines is 1. The van der Waals surface area contributed by atoms with Gasteiger partial charge in [-0.1, -0.05) is 0 Å². The van der Waals surface area contributed by atoms with Crippen LogP contribution in [0.2, 0.25) is 0 Å². The Morgan fingerprint density at radius 1 is 0.943 bits per heavy atom. The Kier molecular flexibility index (Phi) is 6.75. The van der Waals surface area contributed by atoms with Gasteiger partial charge in [0.2, 0.25) is 10.0 Å². The fourth-order valence-electron chi connectivity index (χ4n) is 4.29. The molecule has 11 nitrogen and oxygen atoms in total. The van der Waals surface area contributed by atoms with E-state index in [-0.39, 0.29) is 23.5 Å². The molecule has 3 aromatic rings. The molecule has 2 aromatic carbocycles. The van der Waals surface area contributed by atoms with E-state index in [0.29, 0.717) is 30.3 Å². The van der Waals surface area contributed by atoms with Crippen molar-refractivity contribution in [1.82, 2.24) is 24.5 Å². The number of rotatable bonds is 6. The van der Waals surface area contributed by atoms with Crippen LogP contribution in [0.15, 0.2) is 53.7 Å². The SMILES string of the molecule is O=C(Oc1ccc(-n2cnnn2)cc1)c1cc(S(=O)(=O)N2CCOCC2)ccc1N1CCCCC1. The molecule has 2 aliphatic rings. The summed E-state index contributed by atoms with van der Waals surface area (Å²) in [7, 11) is -3.76. The van der Waals surface area contributed by atoms with Gasteiger partial charge in [-0.25, -0.2) is 17.9 Å². The molecule has 2 saturated heterocycles. The Hall–Kier alpha value is -3.35. The lowest BCUT2D eigenvalue weighted by Crippen LogP contribution is -2.40.